The van der Waals surface area contributed by atoms with Crippen molar-refractivity contribution in [1.82, 2.24) is 9.97 Å². The summed E-state index contributed by atoms with van der Waals surface area (Å²) in [6, 6.07) is 97.0. The van der Waals surface area contributed by atoms with Crippen LogP contribution in [0.1, 0.15) is 94.7 Å². The third-order valence-corrected chi connectivity index (χ3v) is 18.0. The van der Waals surface area contributed by atoms with Crippen LogP contribution in [-0.4, -0.2) is 28.3 Å². The van der Waals surface area contributed by atoms with Gasteiger partial charge in [0.05, 0.1) is 34.0 Å². The molecule has 3 aliphatic rings. The Morgan fingerprint density at radius 2 is 0.739 bits per heavy atom. The van der Waals surface area contributed by atoms with E-state index >= 15 is 0 Å². The monoisotopic (exact) mass is 1300 g/mol. The molecule has 5 heterocycles. The molecule has 1 saturated heterocycles. The van der Waals surface area contributed by atoms with E-state index in [1.165, 1.54) is 38.1 Å². The molecule has 12 aromatic carbocycles. The Labute approximate surface area is 590 Å². The van der Waals surface area contributed by atoms with Crippen LogP contribution >= 0.6 is 15.9 Å². The van der Waals surface area contributed by atoms with Gasteiger partial charge >= 0.3 is 7.12 Å². The molecule has 6 nitrogen and oxygen atoms in total. The minimum atomic E-state index is -0.388. The van der Waals surface area contributed by atoms with E-state index < -0.39 is 0 Å². The van der Waals surface area contributed by atoms with E-state index in [1.54, 1.807) is 0 Å². The molecule has 516 valence electrons. The van der Waals surface area contributed by atoms with Crippen molar-refractivity contribution < 1.29 is 85.8 Å². The number of pyridine rings is 2. The fourth-order valence-electron chi connectivity index (χ4n) is 12.3. The van der Waals surface area contributed by atoms with Crippen LogP contribution in [0.3, 0.4) is 0 Å². The van der Waals surface area contributed by atoms with Crippen LogP contribution in [-0.2, 0) is 9.31 Å². The zero-order valence-corrected chi connectivity index (χ0v) is 50.6. The molecule has 2 aromatic heterocycles. The number of fused-ring (bicyclic) bond motifs is 6. The lowest BCUT2D eigenvalue weighted by atomic mass is 9.75. The summed E-state index contributed by atoms with van der Waals surface area (Å²) < 4.78 is 26.2. The second kappa shape index (κ2) is 22.4. The Bertz CT molecular complexity index is 4980. The molecular weight excluding hydrogens is 1140 g/mol. The largest absolute Gasteiger partial charge is 0.495 e. The number of ether oxygens (including phenoxy) is 2. The van der Waals surface area contributed by atoms with E-state index in [1.807, 2.05) is 84.9 Å². The molecule has 0 saturated carbocycles. The van der Waals surface area contributed by atoms with E-state index in [4.69, 9.17) is 28.8 Å². The van der Waals surface area contributed by atoms with Gasteiger partial charge in [-0.2, -0.15) is 0 Å². The van der Waals surface area contributed by atoms with Crippen molar-refractivity contribution in [3.05, 3.63) is 284 Å². The Morgan fingerprint density at radius 3 is 1.26 bits per heavy atom. The summed E-state index contributed by atoms with van der Waals surface area (Å²) in [6.07, 6.45) is 0. The minimum absolute atomic E-state index is 0. The molecule has 8 heteroatoms. The number of halogens is 1. The van der Waals surface area contributed by atoms with Crippen molar-refractivity contribution in [2.75, 3.05) is 0 Å². The lowest BCUT2D eigenvalue weighted by Gasteiger charge is -2.32. The van der Waals surface area contributed by atoms with Crippen LogP contribution in [0.4, 0.5) is 0 Å². The second-order valence-electron chi connectivity index (χ2n) is 23.5. The number of para-hydroxylation sites is 2. The van der Waals surface area contributed by atoms with Crippen molar-refractivity contribution in [3.8, 4) is 101 Å². The average Bonchev–Trinajstić information content (AvgIpc) is 1.66. The Kier molecular flexibility index (Phi) is 13.9. The number of benzene rings is 12. The molecule has 0 spiro atoms. The zero-order valence-electron chi connectivity index (χ0n) is 49.0. The van der Waals surface area contributed by atoms with E-state index in [2.05, 4.69) is 238 Å². The topological polar surface area (TPSA) is 62.7 Å². The van der Waals surface area contributed by atoms with Gasteiger partial charge in [-0.3, -0.25) is 0 Å². The molecule has 3 aliphatic heterocycles. The smallest absolute Gasteiger partial charge is 0.456 e. The van der Waals surface area contributed by atoms with Crippen molar-refractivity contribution in [1.29, 1.82) is 0 Å². The first-order chi connectivity index (χ1) is 43.0. The molecule has 0 N–H and O–H groups in total. The van der Waals surface area contributed by atoms with E-state index in [-0.39, 0.29) is 85.4 Å². The lowest BCUT2D eigenvalue weighted by molar-refractivity contribution is 0.00578. The van der Waals surface area contributed by atoms with Gasteiger partial charge in [0, 0.05) is 116 Å². The van der Waals surface area contributed by atoms with Crippen LogP contribution in [0, 0.1) is 0 Å². The first-order valence-electron chi connectivity index (χ1n) is 29.8. The summed E-state index contributed by atoms with van der Waals surface area (Å²) in [5.74, 6) is 3.58. The maximum atomic E-state index is 6.40. The average molecular weight is 1300 g/mol. The van der Waals surface area contributed by atoms with Gasteiger partial charge in [0.25, 0.3) is 0 Å². The van der Waals surface area contributed by atoms with Crippen LogP contribution in [0.15, 0.2) is 284 Å². The third-order valence-electron chi connectivity index (χ3n) is 17.5. The maximum Gasteiger partial charge on any atom is 0.495 e. The predicted octanol–water partition coefficient (Wildman–Crippen LogP) is 33.0. The molecule has 88 heavy (non-hydrogen) atoms. The SMILES string of the molecule is Brc1cc(-c2ccccc2)nc(-c2ccccc2)c1.CC1(C)OB(c2ccc3c4c(cccc24)-c2ccccc2O3)OC1(C)C.[HH].[HH].[HH].[HH].[HH].[HH].[HH].[HH].[HH].[HH].[HH].[HH].[HH].[HH].[HH].[HH].[HH].[HH].[HH].[HH].[HH].[HH].[HH].[HH].[HH].[HH].[HH].[HH].[HH].[HH].[HH].[HH].[HH].[HH].[HH].[HH].[HH].[HH].[HH].[HH].[HH].[HH].[HH].[HH].[HH].[HH].[HH].c1ccc2c(c1)Oc1ccc(-c3cc(-c4ccc5ccccc5c4)nc(-c4ccc5ccccc5c4)c3)c3cccc-2c13. The summed E-state index contributed by atoms with van der Waals surface area (Å²) in [7, 11) is -0.388. The maximum absolute atomic E-state index is 6.40. The molecule has 0 radical (unpaired) electrons. The minimum Gasteiger partial charge on any atom is -0.456 e. The van der Waals surface area contributed by atoms with E-state index in [9.17, 15) is 0 Å². The number of hydrogen-bond acceptors (Lipinski definition) is 6. The first kappa shape index (κ1) is 54.7. The summed E-state index contributed by atoms with van der Waals surface area (Å²) in [6.45, 7) is 8.32. The quantitative estimate of drug-likeness (QED) is 0.155. The van der Waals surface area contributed by atoms with Crippen molar-refractivity contribution >= 4 is 71.6 Å². The van der Waals surface area contributed by atoms with Gasteiger partial charge in [0.15, 0.2) is 0 Å². The second-order valence-corrected chi connectivity index (χ2v) is 24.5. The lowest BCUT2D eigenvalue weighted by Crippen LogP contribution is -2.41. The Morgan fingerprint density at radius 1 is 0.318 bits per heavy atom. The summed E-state index contributed by atoms with van der Waals surface area (Å²) in [4.78, 5) is 10.0. The highest BCUT2D eigenvalue weighted by Crippen LogP contribution is 2.50. The van der Waals surface area contributed by atoms with Crippen LogP contribution in [0.2, 0.25) is 0 Å². The molecule has 0 amide bonds. The molecule has 0 atom stereocenters. The van der Waals surface area contributed by atoms with Crippen molar-refractivity contribution in [3.63, 3.8) is 0 Å². The van der Waals surface area contributed by atoms with Gasteiger partial charge < -0.3 is 18.8 Å². The molecule has 1 fully saturated rings. The van der Waals surface area contributed by atoms with Crippen molar-refractivity contribution in [2.45, 2.75) is 38.9 Å². The van der Waals surface area contributed by atoms with Gasteiger partial charge in [-0.1, -0.05) is 234 Å². The van der Waals surface area contributed by atoms with E-state index in [0.29, 0.717) is 0 Å². The van der Waals surface area contributed by atoms with Crippen LogP contribution < -0.4 is 14.9 Å². The van der Waals surface area contributed by atoms with Gasteiger partial charge in [-0.25, -0.2) is 9.97 Å². The summed E-state index contributed by atoms with van der Waals surface area (Å²) in [5.41, 5.74) is 15.6. The van der Waals surface area contributed by atoms with Gasteiger partial charge in [-0.05, 0) is 148 Å². The molecule has 0 bridgehead atoms. The highest BCUT2D eigenvalue weighted by atomic mass is 79.9. The first-order valence-corrected chi connectivity index (χ1v) is 30.6. The molecule has 14 aromatic rings. The van der Waals surface area contributed by atoms with Gasteiger partial charge in [-0.15, -0.1) is 0 Å². The van der Waals surface area contributed by atoms with Gasteiger partial charge in [0.2, 0.25) is 0 Å². The highest BCUT2D eigenvalue weighted by molar-refractivity contribution is 9.10. The zero-order chi connectivity index (χ0) is 59.5. The number of nitrogens with zero attached hydrogens (tertiary/aromatic N) is 2. The molecule has 0 aliphatic carbocycles. The number of hydrogen-bond donors (Lipinski definition) is 0. The van der Waals surface area contributed by atoms with Crippen LogP contribution in [0.25, 0.3) is 122 Å². The normalized spacial score (nSPS) is 13.8. The van der Waals surface area contributed by atoms with Crippen molar-refractivity contribution in [2.24, 2.45) is 0 Å². The van der Waals surface area contributed by atoms with Crippen LogP contribution in [0.5, 0.6) is 23.0 Å². The standard InChI is InChI=1S/C41H25NO.C22H21BO3.C17H12BrN.47H2/c1-3-10-28-22-30(18-16-26(28)8-1)37-24-32(25-38(42-37)31-19-17-27-9-2-4-11-29(27)23-31)33-20-21-40-41-35(33)13-7-14-36(41)34-12-5-6-15-39(34)43-40;1-21(2)22(3,4)26-23(25-21)17-12-13-19-20-15(9-7-10-16(17)20)14-8-5-6-11-18(14)24-19;18-15-11-16(13-7-3-1-4-8-13)19-17(12-15)14-9-5-2-6-10-14;;;;;;;;;;;;;;;;;;;;;;;;;;;;;;;;;;;;;;;;;;;;;;;/h1-25H;5-13H,1-4H3;1-12H;47*1H. The molecule has 17 rings (SSSR count). The fourth-order valence-corrected chi connectivity index (χ4v) is 12.7. The van der Waals surface area contributed by atoms with E-state index in [0.717, 1.165) is 116 Å². The summed E-state index contributed by atoms with van der Waals surface area (Å²) >= 11 is 3.57. The fraction of sp³-hybridized carbons (Fsp3) is 0.0750. The number of aromatic nitrogens is 2. The predicted molar refractivity (Wildman–Crippen MR) is 466 cm³/mol. The summed E-state index contributed by atoms with van der Waals surface area (Å²) in [5, 5.41) is 9.42. The molecule has 0 unspecified atom stereocenters. The van der Waals surface area contributed by atoms with Gasteiger partial charge in [0.1, 0.15) is 23.0 Å². The highest BCUT2D eigenvalue weighted by Gasteiger charge is 2.52. The molecular formula is C80H152BBrN2O4. The Hall–Kier alpha value is -9.96. The number of rotatable bonds is 6. The Balaban J connectivity index is -0.0000000333. The third kappa shape index (κ3) is 10.2.